The van der Waals surface area contributed by atoms with Crippen LogP contribution >= 0.6 is 24.0 Å². The lowest BCUT2D eigenvalue weighted by atomic mass is 10.1. The number of morpholine rings is 1. The highest BCUT2D eigenvalue weighted by atomic mass is 32.2. The fourth-order valence-corrected chi connectivity index (χ4v) is 6.31. The van der Waals surface area contributed by atoms with E-state index in [0.717, 1.165) is 18.4 Å². The normalized spacial score (nSPS) is 17.4. The SMILES string of the molecule is CCCCCCCCCCCCN1C(=O)C(=Cc2c(N3CCOCC3)nc3c(C)cccn3c2=O)SC1=S. The van der Waals surface area contributed by atoms with Crippen LogP contribution in [0.5, 0.6) is 0 Å². The van der Waals surface area contributed by atoms with E-state index >= 15 is 0 Å². The monoisotopic (exact) mass is 556 g/mol. The number of aromatic nitrogens is 2. The van der Waals surface area contributed by atoms with E-state index in [2.05, 4.69) is 11.8 Å². The van der Waals surface area contributed by atoms with Crippen molar-refractivity contribution < 1.29 is 9.53 Å². The molecule has 7 nitrogen and oxygen atoms in total. The maximum Gasteiger partial charge on any atom is 0.267 e. The molecule has 2 saturated heterocycles. The van der Waals surface area contributed by atoms with Crippen molar-refractivity contribution in [3.05, 3.63) is 44.7 Å². The highest BCUT2D eigenvalue weighted by Gasteiger charge is 2.32. The van der Waals surface area contributed by atoms with Crippen LogP contribution in [0.25, 0.3) is 11.7 Å². The first kappa shape index (κ1) is 28.8. The van der Waals surface area contributed by atoms with Crippen LogP contribution < -0.4 is 10.5 Å². The van der Waals surface area contributed by atoms with Crippen LogP contribution in [0.1, 0.15) is 82.3 Å². The second-order valence-electron chi connectivity index (χ2n) is 10.2. The summed E-state index contributed by atoms with van der Waals surface area (Å²) < 4.78 is 7.65. The molecule has 9 heteroatoms. The minimum atomic E-state index is -0.180. The molecule has 0 atom stereocenters. The lowest BCUT2D eigenvalue weighted by Crippen LogP contribution is -2.38. The zero-order valence-electron chi connectivity index (χ0n) is 22.7. The van der Waals surface area contributed by atoms with Gasteiger partial charge in [0, 0.05) is 25.8 Å². The van der Waals surface area contributed by atoms with E-state index in [4.69, 9.17) is 21.9 Å². The minimum Gasteiger partial charge on any atom is -0.378 e. The molecule has 4 rings (SSSR count). The van der Waals surface area contributed by atoms with Crippen molar-refractivity contribution in [3.8, 4) is 0 Å². The lowest BCUT2D eigenvalue weighted by molar-refractivity contribution is -0.122. The second-order valence-corrected chi connectivity index (χ2v) is 11.8. The van der Waals surface area contributed by atoms with Crippen LogP contribution in [-0.2, 0) is 9.53 Å². The first-order valence-electron chi connectivity index (χ1n) is 14.1. The summed E-state index contributed by atoms with van der Waals surface area (Å²) in [4.78, 5) is 36.1. The number of aryl methyl sites for hydroxylation is 1. The van der Waals surface area contributed by atoms with Crippen molar-refractivity contribution in [2.24, 2.45) is 0 Å². The number of carbonyl (C=O) groups excluding carboxylic acids is 1. The smallest absolute Gasteiger partial charge is 0.267 e. The van der Waals surface area contributed by atoms with E-state index in [1.54, 1.807) is 21.6 Å². The Kier molecular flexibility index (Phi) is 10.8. The summed E-state index contributed by atoms with van der Waals surface area (Å²) >= 11 is 6.85. The van der Waals surface area contributed by atoms with Gasteiger partial charge in [-0.1, -0.05) is 94.8 Å². The average Bonchev–Trinajstić information content (AvgIpc) is 3.19. The van der Waals surface area contributed by atoms with Crippen molar-refractivity contribution in [3.63, 3.8) is 0 Å². The number of thioether (sulfide) groups is 1. The predicted octanol–water partition coefficient (Wildman–Crippen LogP) is 5.96. The maximum absolute atomic E-state index is 13.6. The van der Waals surface area contributed by atoms with Crippen molar-refractivity contribution in [1.82, 2.24) is 14.3 Å². The lowest BCUT2D eigenvalue weighted by Gasteiger charge is -2.29. The Morgan fingerprint density at radius 2 is 1.68 bits per heavy atom. The predicted molar refractivity (Wildman–Crippen MR) is 161 cm³/mol. The Bertz CT molecular complexity index is 1220. The second kappa shape index (κ2) is 14.2. The van der Waals surface area contributed by atoms with Gasteiger partial charge in [0.15, 0.2) is 0 Å². The summed E-state index contributed by atoms with van der Waals surface area (Å²) in [5.74, 6) is 0.491. The van der Waals surface area contributed by atoms with E-state index in [0.29, 0.717) is 59.1 Å². The van der Waals surface area contributed by atoms with Crippen molar-refractivity contribution in [2.75, 3.05) is 37.7 Å². The first-order chi connectivity index (χ1) is 18.5. The molecule has 0 N–H and O–H groups in total. The molecule has 2 aliphatic rings. The molecule has 0 aliphatic carbocycles. The van der Waals surface area contributed by atoms with Gasteiger partial charge in [-0.3, -0.25) is 18.9 Å². The summed E-state index contributed by atoms with van der Waals surface area (Å²) in [7, 11) is 0. The van der Waals surface area contributed by atoms with Gasteiger partial charge in [-0.05, 0) is 31.1 Å². The molecule has 2 aromatic heterocycles. The molecule has 0 radical (unpaired) electrons. The van der Waals surface area contributed by atoms with Crippen LogP contribution in [0.4, 0.5) is 5.82 Å². The molecule has 206 valence electrons. The van der Waals surface area contributed by atoms with Crippen LogP contribution in [0.2, 0.25) is 0 Å². The Labute approximate surface area is 235 Å². The molecular formula is C29H40N4O3S2. The quantitative estimate of drug-likeness (QED) is 0.171. The van der Waals surface area contributed by atoms with Crippen molar-refractivity contribution >= 4 is 51.7 Å². The third kappa shape index (κ3) is 7.04. The first-order valence-corrected chi connectivity index (χ1v) is 15.3. The number of rotatable bonds is 13. The topological polar surface area (TPSA) is 67.2 Å². The zero-order valence-corrected chi connectivity index (χ0v) is 24.4. The Balaban J connectivity index is 1.43. The molecule has 0 aromatic carbocycles. The fourth-order valence-electron chi connectivity index (χ4n) is 5.02. The van der Waals surface area contributed by atoms with Crippen molar-refractivity contribution in [2.45, 2.75) is 78.1 Å². The summed E-state index contributed by atoms with van der Waals surface area (Å²) in [6, 6.07) is 3.79. The fraction of sp³-hybridized carbons (Fsp3) is 0.586. The van der Waals surface area contributed by atoms with Gasteiger partial charge < -0.3 is 9.64 Å². The molecule has 2 aromatic rings. The molecule has 0 unspecified atom stereocenters. The van der Waals surface area contributed by atoms with Crippen molar-refractivity contribution in [1.29, 1.82) is 0 Å². The summed E-state index contributed by atoms with van der Waals surface area (Å²) in [5.41, 5.74) is 1.80. The number of unbranched alkanes of at least 4 members (excludes halogenated alkanes) is 9. The Hall–Kier alpha value is -2.23. The van der Waals surface area contributed by atoms with Gasteiger partial charge in [-0.2, -0.15) is 0 Å². The number of hydrogen-bond acceptors (Lipinski definition) is 7. The van der Waals surface area contributed by atoms with Crippen LogP contribution in [0.3, 0.4) is 0 Å². The number of carbonyl (C=O) groups is 1. The Morgan fingerprint density at radius 3 is 2.37 bits per heavy atom. The number of thiocarbonyl (C=S) groups is 1. The van der Waals surface area contributed by atoms with Gasteiger partial charge in [0.2, 0.25) is 0 Å². The van der Waals surface area contributed by atoms with Gasteiger partial charge >= 0.3 is 0 Å². The summed E-state index contributed by atoms with van der Waals surface area (Å²) in [6.45, 7) is 7.28. The largest absolute Gasteiger partial charge is 0.378 e. The molecule has 4 heterocycles. The van der Waals surface area contributed by atoms with E-state index in [1.165, 1.54) is 63.1 Å². The molecule has 2 fully saturated rings. The molecule has 1 amide bonds. The number of hydrogen-bond donors (Lipinski definition) is 0. The van der Waals surface area contributed by atoms with Crippen LogP contribution in [0, 0.1) is 6.92 Å². The Morgan fingerprint density at radius 1 is 1.03 bits per heavy atom. The summed E-state index contributed by atoms with van der Waals surface area (Å²) in [5, 5.41) is 0. The number of ether oxygens (including phenoxy) is 1. The van der Waals surface area contributed by atoms with Gasteiger partial charge in [0.25, 0.3) is 11.5 Å². The van der Waals surface area contributed by atoms with Gasteiger partial charge in [0.05, 0.1) is 23.7 Å². The zero-order chi connectivity index (χ0) is 26.9. The maximum atomic E-state index is 13.6. The standard InChI is InChI=1S/C29H40N4O3S2/c1-3-4-5-6-7-8-9-10-11-12-15-33-28(35)24(38-29(33)37)21-23-26(31-17-19-36-20-18-31)30-25-22(2)14-13-16-32(25)27(23)34/h13-14,16,21H,3-12,15,17-20H2,1-2H3. The van der Waals surface area contributed by atoms with E-state index in [9.17, 15) is 9.59 Å². The number of nitrogens with zero attached hydrogens (tertiary/aromatic N) is 4. The molecule has 38 heavy (non-hydrogen) atoms. The minimum absolute atomic E-state index is 0.113. The molecule has 0 spiro atoms. The van der Waals surface area contributed by atoms with Gasteiger partial charge in [0.1, 0.15) is 15.8 Å². The van der Waals surface area contributed by atoms with Gasteiger partial charge in [-0.25, -0.2) is 4.98 Å². The van der Waals surface area contributed by atoms with Gasteiger partial charge in [-0.15, -0.1) is 0 Å². The highest BCUT2D eigenvalue weighted by Crippen LogP contribution is 2.34. The molecule has 2 aliphatic heterocycles. The van der Waals surface area contributed by atoms with Crippen LogP contribution in [-0.4, -0.2) is 57.4 Å². The third-order valence-corrected chi connectivity index (χ3v) is 8.64. The number of fused-ring (bicyclic) bond motifs is 1. The number of pyridine rings is 1. The number of anilines is 1. The average molecular weight is 557 g/mol. The molecular weight excluding hydrogens is 516 g/mol. The summed E-state index contributed by atoms with van der Waals surface area (Å²) in [6.07, 6.45) is 15.9. The van der Waals surface area contributed by atoms with E-state index in [-0.39, 0.29) is 11.5 Å². The number of amides is 1. The third-order valence-electron chi connectivity index (χ3n) is 7.26. The van der Waals surface area contributed by atoms with E-state index in [1.807, 2.05) is 19.1 Å². The van der Waals surface area contributed by atoms with E-state index < -0.39 is 0 Å². The molecule has 0 bridgehead atoms. The molecule has 0 saturated carbocycles. The highest BCUT2D eigenvalue weighted by molar-refractivity contribution is 8.26. The van der Waals surface area contributed by atoms with Crippen LogP contribution in [0.15, 0.2) is 28.0 Å².